The molecule has 7 heteroatoms. The van der Waals surface area contributed by atoms with Gasteiger partial charge in [-0.15, -0.1) is 0 Å². The van der Waals surface area contributed by atoms with Crippen LogP contribution < -0.4 is 11.1 Å². The van der Waals surface area contributed by atoms with Gasteiger partial charge < -0.3 is 20.2 Å². The fraction of sp³-hybridized carbons (Fsp3) is 0.571. The molecule has 0 bridgehead atoms. The van der Waals surface area contributed by atoms with Gasteiger partial charge in [0.05, 0.1) is 12.4 Å². The predicted octanol–water partition coefficient (Wildman–Crippen LogP) is 0.801. The van der Waals surface area contributed by atoms with Crippen molar-refractivity contribution in [2.45, 2.75) is 31.9 Å². The number of amides is 3. The molecule has 2 heterocycles. The molecule has 1 aliphatic rings. The molecule has 1 aliphatic heterocycles. The SMILES string of the molecule is CCOC(CN)CCN1C(=O)NC(C)(c2ccco2)C1=O. The Morgan fingerprint density at radius 1 is 1.52 bits per heavy atom. The quantitative estimate of drug-likeness (QED) is 0.725. The number of furan rings is 1. The van der Waals surface area contributed by atoms with Gasteiger partial charge in [0.2, 0.25) is 0 Å². The highest BCUT2D eigenvalue weighted by Gasteiger charge is 2.50. The second-order valence-electron chi connectivity index (χ2n) is 5.09. The van der Waals surface area contributed by atoms with Gasteiger partial charge in [-0.2, -0.15) is 0 Å². The molecule has 3 N–H and O–H groups in total. The van der Waals surface area contributed by atoms with Crippen molar-refractivity contribution >= 4 is 11.9 Å². The zero-order chi connectivity index (χ0) is 15.5. The number of carbonyl (C=O) groups excluding carboxylic acids is 2. The van der Waals surface area contributed by atoms with Crippen molar-refractivity contribution in [3.63, 3.8) is 0 Å². The van der Waals surface area contributed by atoms with E-state index in [-0.39, 0.29) is 18.6 Å². The van der Waals surface area contributed by atoms with Gasteiger partial charge in [-0.25, -0.2) is 4.79 Å². The van der Waals surface area contributed by atoms with Crippen molar-refractivity contribution in [2.75, 3.05) is 19.7 Å². The fourth-order valence-corrected chi connectivity index (χ4v) is 2.41. The molecule has 1 aromatic rings. The number of rotatable bonds is 7. The van der Waals surface area contributed by atoms with Crippen LogP contribution in [0, 0.1) is 0 Å². The minimum atomic E-state index is -1.15. The number of urea groups is 1. The Morgan fingerprint density at radius 3 is 2.86 bits per heavy atom. The molecule has 2 rings (SSSR count). The lowest BCUT2D eigenvalue weighted by atomic mass is 9.99. The van der Waals surface area contributed by atoms with Crippen molar-refractivity contribution in [3.8, 4) is 0 Å². The maximum Gasteiger partial charge on any atom is 0.325 e. The molecule has 2 unspecified atom stereocenters. The molecule has 1 aromatic heterocycles. The van der Waals surface area contributed by atoms with E-state index in [0.717, 1.165) is 0 Å². The molecule has 1 fully saturated rings. The summed E-state index contributed by atoms with van der Waals surface area (Å²) in [6.07, 6.45) is 1.83. The Labute approximate surface area is 123 Å². The molecule has 0 saturated carbocycles. The summed E-state index contributed by atoms with van der Waals surface area (Å²) in [6.45, 7) is 4.68. The molecular formula is C14H21N3O4. The van der Waals surface area contributed by atoms with E-state index >= 15 is 0 Å². The zero-order valence-corrected chi connectivity index (χ0v) is 12.3. The number of imide groups is 1. The highest BCUT2D eigenvalue weighted by molar-refractivity contribution is 6.06. The van der Waals surface area contributed by atoms with Gasteiger partial charge in [0, 0.05) is 19.7 Å². The van der Waals surface area contributed by atoms with Gasteiger partial charge in [0.15, 0.2) is 5.54 Å². The third-order valence-electron chi connectivity index (χ3n) is 3.63. The average molecular weight is 295 g/mol. The molecule has 3 amide bonds. The smallest absolute Gasteiger partial charge is 0.325 e. The zero-order valence-electron chi connectivity index (χ0n) is 12.3. The summed E-state index contributed by atoms with van der Waals surface area (Å²) in [4.78, 5) is 25.7. The number of hydrogen-bond donors (Lipinski definition) is 2. The molecule has 1 saturated heterocycles. The van der Waals surface area contributed by atoms with Crippen molar-refractivity contribution in [2.24, 2.45) is 5.73 Å². The van der Waals surface area contributed by atoms with E-state index < -0.39 is 11.6 Å². The summed E-state index contributed by atoms with van der Waals surface area (Å²) in [5.41, 5.74) is 4.45. The Hall–Kier alpha value is -1.86. The molecule has 7 nitrogen and oxygen atoms in total. The number of ether oxygens (including phenoxy) is 1. The van der Waals surface area contributed by atoms with E-state index in [2.05, 4.69) is 5.32 Å². The molecule has 0 aromatic carbocycles. The third kappa shape index (κ3) is 2.93. The van der Waals surface area contributed by atoms with Crippen LogP contribution in [0.15, 0.2) is 22.8 Å². The second kappa shape index (κ2) is 6.28. The average Bonchev–Trinajstić information content (AvgIpc) is 3.06. The summed E-state index contributed by atoms with van der Waals surface area (Å²) >= 11 is 0. The molecule has 2 atom stereocenters. The summed E-state index contributed by atoms with van der Waals surface area (Å²) in [5, 5.41) is 2.68. The Bertz CT molecular complexity index is 502. The Morgan fingerprint density at radius 2 is 2.29 bits per heavy atom. The van der Waals surface area contributed by atoms with Crippen LogP contribution in [-0.2, 0) is 15.1 Å². The topological polar surface area (TPSA) is 97.8 Å². The normalized spacial score (nSPS) is 23.5. The number of nitrogens with zero attached hydrogens (tertiary/aromatic N) is 1. The second-order valence-corrected chi connectivity index (χ2v) is 5.09. The van der Waals surface area contributed by atoms with Gasteiger partial charge in [-0.05, 0) is 32.4 Å². The predicted molar refractivity (Wildman–Crippen MR) is 75.4 cm³/mol. The van der Waals surface area contributed by atoms with Crippen LogP contribution in [0.25, 0.3) is 0 Å². The minimum absolute atomic E-state index is 0.161. The lowest BCUT2D eigenvalue weighted by Gasteiger charge is -2.20. The first-order chi connectivity index (χ1) is 10.0. The first kappa shape index (κ1) is 15.5. The van der Waals surface area contributed by atoms with Crippen LogP contribution in [0.5, 0.6) is 0 Å². The highest BCUT2D eigenvalue weighted by Crippen LogP contribution is 2.29. The molecule has 0 spiro atoms. The van der Waals surface area contributed by atoms with Crippen molar-refractivity contribution in [1.82, 2.24) is 10.2 Å². The first-order valence-corrected chi connectivity index (χ1v) is 7.02. The van der Waals surface area contributed by atoms with Gasteiger partial charge in [-0.1, -0.05) is 0 Å². The first-order valence-electron chi connectivity index (χ1n) is 7.02. The molecule has 0 radical (unpaired) electrons. The lowest BCUT2D eigenvalue weighted by molar-refractivity contribution is -0.131. The Balaban J connectivity index is 2.05. The van der Waals surface area contributed by atoms with Crippen molar-refractivity contribution < 1.29 is 18.7 Å². The van der Waals surface area contributed by atoms with E-state index in [1.807, 2.05) is 6.92 Å². The summed E-state index contributed by atoms with van der Waals surface area (Å²) < 4.78 is 10.7. The standard InChI is InChI=1S/C14H21N3O4/c1-3-20-10(9-15)6-7-17-12(18)14(2,16-13(17)19)11-5-4-8-21-11/h4-5,8,10H,3,6-7,9,15H2,1-2H3,(H,16,19). The van der Waals surface area contributed by atoms with Gasteiger partial charge in [0.25, 0.3) is 5.91 Å². The molecular weight excluding hydrogens is 274 g/mol. The maximum atomic E-state index is 12.5. The number of carbonyl (C=O) groups is 2. The van der Waals surface area contributed by atoms with Crippen LogP contribution in [0.4, 0.5) is 4.79 Å². The summed E-state index contributed by atoms with van der Waals surface area (Å²) in [5.74, 6) is 0.0956. The van der Waals surface area contributed by atoms with E-state index in [9.17, 15) is 9.59 Å². The van der Waals surface area contributed by atoms with Crippen LogP contribution in [0.2, 0.25) is 0 Å². The monoisotopic (exact) mass is 295 g/mol. The van der Waals surface area contributed by atoms with E-state index in [4.69, 9.17) is 14.9 Å². The largest absolute Gasteiger partial charge is 0.466 e. The number of hydrogen-bond acceptors (Lipinski definition) is 5. The van der Waals surface area contributed by atoms with Gasteiger partial charge in [0.1, 0.15) is 5.76 Å². The van der Waals surface area contributed by atoms with E-state index in [0.29, 0.717) is 25.3 Å². The van der Waals surface area contributed by atoms with E-state index in [1.54, 1.807) is 19.1 Å². The highest BCUT2D eigenvalue weighted by atomic mass is 16.5. The van der Waals surface area contributed by atoms with Crippen LogP contribution >= 0.6 is 0 Å². The molecule has 116 valence electrons. The lowest BCUT2D eigenvalue weighted by Crippen LogP contribution is -2.41. The molecule has 21 heavy (non-hydrogen) atoms. The maximum absolute atomic E-state index is 12.5. The van der Waals surface area contributed by atoms with Crippen molar-refractivity contribution in [1.29, 1.82) is 0 Å². The van der Waals surface area contributed by atoms with Gasteiger partial charge >= 0.3 is 6.03 Å². The van der Waals surface area contributed by atoms with Crippen LogP contribution in [0.3, 0.4) is 0 Å². The van der Waals surface area contributed by atoms with E-state index in [1.165, 1.54) is 11.2 Å². The minimum Gasteiger partial charge on any atom is -0.466 e. The third-order valence-corrected chi connectivity index (χ3v) is 3.63. The fourth-order valence-electron chi connectivity index (χ4n) is 2.41. The summed E-state index contributed by atoms with van der Waals surface area (Å²) in [6, 6.07) is 2.93. The summed E-state index contributed by atoms with van der Waals surface area (Å²) in [7, 11) is 0. The number of nitrogens with two attached hydrogens (primary N) is 1. The van der Waals surface area contributed by atoms with Crippen LogP contribution in [0.1, 0.15) is 26.0 Å². The van der Waals surface area contributed by atoms with Crippen LogP contribution in [-0.4, -0.2) is 42.6 Å². The Kier molecular flexibility index (Phi) is 4.64. The molecule has 0 aliphatic carbocycles. The number of nitrogens with one attached hydrogen (secondary N) is 1. The van der Waals surface area contributed by atoms with Gasteiger partial charge in [-0.3, -0.25) is 9.69 Å². The van der Waals surface area contributed by atoms with Crippen molar-refractivity contribution in [3.05, 3.63) is 24.2 Å².